The zero-order valence-electron chi connectivity index (χ0n) is 11.0. The van der Waals surface area contributed by atoms with Crippen LogP contribution in [0.2, 0.25) is 0 Å². The average Bonchev–Trinajstić information content (AvgIpc) is 2.28. The van der Waals surface area contributed by atoms with Crippen molar-refractivity contribution in [1.29, 1.82) is 0 Å². The highest BCUT2D eigenvalue weighted by Gasteiger charge is 2.16. The van der Waals surface area contributed by atoms with Crippen molar-refractivity contribution >= 4 is 0 Å². The fraction of sp³-hybridized carbons (Fsp3) is 1.00. The molecule has 0 amide bonds. The highest BCUT2D eigenvalue weighted by atomic mass is 16.5. The second-order valence-electron chi connectivity index (χ2n) is 4.98. The molecular weight excluding hydrogens is 200 g/mol. The van der Waals surface area contributed by atoms with Crippen LogP contribution < -0.4 is 5.73 Å². The predicted octanol–water partition coefficient (Wildman–Crippen LogP) is 1.86. The van der Waals surface area contributed by atoms with E-state index in [-0.39, 0.29) is 0 Å². The van der Waals surface area contributed by atoms with Gasteiger partial charge in [-0.1, -0.05) is 13.3 Å². The van der Waals surface area contributed by atoms with Gasteiger partial charge in [-0.05, 0) is 45.2 Å². The molecule has 1 heterocycles. The van der Waals surface area contributed by atoms with Gasteiger partial charge in [0.05, 0.1) is 12.7 Å². The Morgan fingerprint density at radius 3 is 2.88 bits per heavy atom. The molecule has 0 bridgehead atoms. The minimum atomic E-state index is 0.416. The van der Waals surface area contributed by atoms with Crippen LogP contribution in [0.4, 0.5) is 0 Å². The van der Waals surface area contributed by atoms with Crippen LogP contribution in [-0.4, -0.2) is 43.8 Å². The molecule has 16 heavy (non-hydrogen) atoms. The number of hydrogen-bond acceptors (Lipinski definition) is 3. The van der Waals surface area contributed by atoms with E-state index < -0.39 is 0 Å². The highest BCUT2D eigenvalue weighted by molar-refractivity contribution is 4.68. The molecule has 0 radical (unpaired) electrons. The van der Waals surface area contributed by atoms with Gasteiger partial charge < -0.3 is 10.5 Å². The molecule has 0 spiro atoms. The van der Waals surface area contributed by atoms with Crippen LogP contribution in [0.15, 0.2) is 0 Å². The van der Waals surface area contributed by atoms with E-state index in [4.69, 9.17) is 10.5 Å². The molecule has 1 fully saturated rings. The van der Waals surface area contributed by atoms with E-state index in [1.54, 1.807) is 0 Å². The summed E-state index contributed by atoms with van der Waals surface area (Å²) in [7, 11) is 0. The Hall–Kier alpha value is -0.120. The Bertz CT molecular complexity index is 175. The molecule has 3 heteroatoms. The van der Waals surface area contributed by atoms with E-state index in [9.17, 15) is 0 Å². The molecule has 1 aliphatic rings. The lowest BCUT2D eigenvalue weighted by molar-refractivity contribution is -0.0189. The van der Waals surface area contributed by atoms with Crippen LogP contribution in [0.1, 0.15) is 39.5 Å². The summed E-state index contributed by atoms with van der Waals surface area (Å²) >= 11 is 0. The number of rotatable bonds is 7. The summed E-state index contributed by atoms with van der Waals surface area (Å²) in [5.74, 6) is 0.837. The molecule has 0 aromatic carbocycles. The Kier molecular flexibility index (Phi) is 7.01. The maximum Gasteiger partial charge on any atom is 0.0674 e. The minimum absolute atomic E-state index is 0.416. The van der Waals surface area contributed by atoms with Gasteiger partial charge in [-0.2, -0.15) is 0 Å². The molecule has 0 saturated carbocycles. The number of nitrogens with zero attached hydrogens (tertiary/aromatic N) is 1. The molecule has 0 aromatic heterocycles. The average molecular weight is 228 g/mol. The second-order valence-corrected chi connectivity index (χ2v) is 4.98. The monoisotopic (exact) mass is 228 g/mol. The largest absolute Gasteiger partial charge is 0.376 e. The van der Waals surface area contributed by atoms with Crippen LogP contribution >= 0.6 is 0 Å². The zero-order chi connectivity index (χ0) is 11.8. The van der Waals surface area contributed by atoms with Gasteiger partial charge in [-0.25, -0.2) is 0 Å². The molecular formula is C13H28N2O. The van der Waals surface area contributed by atoms with Gasteiger partial charge >= 0.3 is 0 Å². The Morgan fingerprint density at radius 2 is 2.25 bits per heavy atom. The van der Waals surface area contributed by atoms with Crippen molar-refractivity contribution in [2.75, 3.05) is 32.8 Å². The van der Waals surface area contributed by atoms with Gasteiger partial charge in [0.1, 0.15) is 0 Å². The summed E-state index contributed by atoms with van der Waals surface area (Å²) in [6.07, 6.45) is 5.52. The summed E-state index contributed by atoms with van der Waals surface area (Å²) < 4.78 is 5.54. The molecule has 1 aliphatic heterocycles. The van der Waals surface area contributed by atoms with Gasteiger partial charge in [-0.3, -0.25) is 4.90 Å². The standard InChI is InChI=1S/C13H28N2O/c1-3-13(6-7-14)5-4-8-15-9-10-16-12(2)11-15/h12-13H,3-11,14H2,1-2H3. The maximum absolute atomic E-state index is 5.61. The smallest absolute Gasteiger partial charge is 0.0674 e. The molecule has 1 rings (SSSR count). The molecule has 0 aliphatic carbocycles. The first-order valence-corrected chi connectivity index (χ1v) is 6.80. The lowest BCUT2D eigenvalue weighted by Crippen LogP contribution is -2.41. The Balaban J connectivity index is 2.09. The SMILES string of the molecule is CCC(CCN)CCCN1CCOC(C)C1. The van der Waals surface area contributed by atoms with E-state index in [1.165, 1.54) is 32.2 Å². The summed E-state index contributed by atoms with van der Waals surface area (Å²) in [4.78, 5) is 2.53. The Morgan fingerprint density at radius 1 is 1.44 bits per heavy atom. The molecule has 3 nitrogen and oxygen atoms in total. The summed E-state index contributed by atoms with van der Waals surface area (Å²) in [6.45, 7) is 9.63. The van der Waals surface area contributed by atoms with Crippen molar-refractivity contribution in [1.82, 2.24) is 4.90 Å². The molecule has 2 N–H and O–H groups in total. The van der Waals surface area contributed by atoms with Crippen molar-refractivity contribution < 1.29 is 4.74 Å². The van der Waals surface area contributed by atoms with Crippen LogP contribution in [-0.2, 0) is 4.74 Å². The number of nitrogens with two attached hydrogens (primary N) is 1. The highest BCUT2D eigenvalue weighted by Crippen LogP contribution is 2.15. The van der Waals surface area contributed by atoms with Crippen LogP contribution in [0, 0.1) is 5.92 Å². The van der Waals surface area contributed by atoms with Gasteiger partial charge in [0, 0.05) is 13.1 Å². The van der Waals surface area contributed by atoms with Gasteiger partial charge in [0.25, 0.3) is 0 Å². The molecule has 2 atom stereocenters. The van der Waals surface area contributed by atoms with E-state index in [1.807, 2.05) is 0 Å². The van der Waals surface area contributed by atoms with E-state index in [0.717, 1.165) is 32.2 Å². The van der Waals surface area contributed by atoms with Gasteiger partial charge in [0.2, 0.25) is 0 Å². The first-order valence-electron chi connectivity index (χ1n) is 6.80. The van der Waals surface area contributed by atoms with E-state index in [0.29, 0.717) is 6.10 Å². The topological polar surface area (TPSA) is 38.5 Å². The molecule has 0 aromatic rings. The van der Waals surface area contributed by atoms with Crippen molar-refractivity contribution in [3.05, 3.63) is 0 Å². The van der Waals surface area contributed by atoms with Crippen molar-refractivity contribution in [2.24, 2.45) is 11.7 Å². The lowest BCUT2D eigenvalue weighted by Gasteiger charge is -2.31. The third-order valence-corrected chi connectivity index (χ3v) is 3.56. The fourth-order valence-corrected chi connectivity index (χ4v) is 2.49. The second kappa shape index (κ2) is 8.04. The lowest BCUT2D eigenvalue weighted by atomic mass is 9.96. The van der Waals surface area contributed by atoms with Crippen molar-refractivity contribution in [2.45, 2.75) is 45.6 Å². The summed E-state index contributed by atoms with van der Waals surface area (Å²) in [6, 6.07) is 0. The van der Waals surface area contributed by atoms with Gasteiger partial charge in [0.15, 0.2) is 0 Å². The first-order chi connectivity index (χ1) is 7.76. The van der Waals surface area contributed by atoms with Crippen LogP contribution in [0.3, 0.4) is 0 Å². The number of ether oxygens (including phenoxy) is 1. The summed E-state index contributed by atoms with van der Waals surface area (Å²) in [5.41, 5.74) is 5.61. The first kappa shape index (κ1) is 13.9. The minimum Gasteiger partial charge on any atom is -0.376 e. The summed E-state index contributed by atoms with van der Waals surface area (Å²) in [5, 5.41) is 0. The van der Waals surface area contributed by atoms with E-state index in [2.05, 4.69) is 18.7 Å². The van der Waals surface area contributed by atoms with E-state index >= 15 is 0 Å². The number of morpholine rings is 1. The molecule has 96 valence electrons. The normalized spacial score (nSPS) is 24.6. The maximum atomic E-state index is 5.61. The molecule has 2 unspecified atom stereocenters. The van der Waals surface area contributed by atoms with Gasteiger partial charge in [-0.15, -0.1) is 0 Å². The van der Waals surface area contributed by atoms with Crippen molar-refractivity contribution in [3.8, 4) is 0 Å². The van der Waals surface area contributed by atoms with Crippen LogP contribution in [0.25, 0.3) is 0 Å². The fourth-order valence-electron chi connectivity index (χ4n) is 2.49. The van der Waals surface area contributed by atoms with Crippen molar-refractivity contribution in [3.63, 3.8) is 0 Å². The quantitative estimate of drug-likeness (QED) is 0.723. The third kappa shape index (κ3) is 5.28. The predicted molar refractivity (Wildman–Crippen MR) is 68.5 cm³/mol. The Labute approximate surface area is 100 Å². The molecule has 1 saturated heterocycles. The zero-order valence-corrected chi connectivity index (χ0v) is 11.0. The number of hydrogen-bond donors (Lipinski definition) is 1. The van der Waals surface area contributed by atoms with Crippen LogP contribution in [0.5, 0.6) is 0 Å². The third-order valence-electron chi connectivity index (χ3n) is 3.56.